The van der Waals surface area contributed by atoms with E-state index in [-0.39, 0.29) is 17.5 Å². The minimum absolute atomic E-state index is 0.0120. The molecule has 1 heterocycles. The molecule has 1 aromatic carbocycles. The van der Waals surface area contributed by atoms with E-state index in [0.717, 1.165) is 37.8 Å². The fourth-order valence-corrected chi connectivity index (χ4v) is 3.64. The highest BCUT2D eigenvalue weighted by atomic mass is 16.6. The fourth-order valence-electron chi connectivity index (χ4n) is 3.64. The van der Waals surface area contributed by atoms with Crippen LogP contribution in [0.4, 0.5) is 17.5 Å². The van der Waals surface area contributed by atoms with E-state index >= 15 is 0 Å². The number of nitrogens with two attached hydrogens (primary N) is 1. The van der Waals surface area contributed by atoms with Crippen LogP contribution in [-0.2, 0) is 0 Å². The molecule has 0 radical (unpaired) electrons. The van der Waals surface area contributed by atoms with Crippen molar-refractivity contribution >= 4 is 17.5 Å². The third-order valence-electron chi connectivity index (χ3n) is 5.47. The summed E-state index contributed by atoms with van der Waals surface area (Å²) in [6, 6.07) is 9.91. The van der Waals surface area contributed by atoms with Crippen molar-refractivity contribution in [1.82, 2.24) is 9.97 Å². The Hall–Kier alpha value is -2.74. The van der Waals surface area contributed by atoms with Crippen molar-refractivity contribution in [2.24, 2.45) is 17.6 Å². The minimum Gasteiger partial charge on any atom is -0.364 e. The number of anilines is 2. The average molecular weight is 384 g/mol. The molecule has 4 N–H and O–H groups in total. The first-order valence-corrected chi connectivity index (χ1v) is 9.83. The Bertz CT molecular complexity index is 778. The highest BCUT2D eigenvalue weighted by Crippen LogP contribution is 2.30. The van der Waals surface area contributed by atoms with Gasteiger partial charge in [0.15, 0.2) is 0 Å². The molecule has 1 aliphatic carbocycles. The van der Waals surface area contributed by atoms with Crippen LogP contribution in [0.5, 0.6) is 0 Å². The summed E-state index contributed by atoms with van der Waals surface area (Å²) in [5.74, 6) is 1.73. The normalized spacial score (nSPS) is 20.4. The maximum atomic E-state index is 11.4. The molecule has 1 fully saturated rings. The Kier molecular flexibility index (Phi) is 6.76. The molecule has 8 heteroatoms. The van der Waals surface area contributed by atoms with Crippen LogP contribution in [-0.4, -0.2) is 28.0 Å². The maximum Gasteiger partial charge on any atom is 0.329 e. The summed E-state index contributed by atoms with van der Waals surface area (Å²) < 4.78 is 0. The molecule has 1 atom stereocenters. The average Bonchev–Trinajstić information content (AvgIpc) is 2.73. The monoisotopic (exact) mass is 384 g/mol. The molecule has 2 aromatic rings. The number of nitro groups is 1. The minimum atomic E-state index is -0.446. The molecule has 0 amide bonds. The van der Waals surface area contributed by atoms with Crippen molar-refractivity contribution in [3.05, 3.63) is 52.2 Å². The van der Waals surface area contributed by atoms with Gasteiger partial charge in [0.25, 0.3) is 0 Å². The Morgan fingerprint density at radius 2 is 1.89 bits per heavy atom. The van der Waals surface area contributed by atoms with Crippen LogP contribution in [0, 0.1) is 22.0 Å². The van der Waals surface area contributed by atoms with Crippen LogP contribution in [0.2, 0.25) is 0 Å². The first-order valence-electron chi connectivity index (χ1n) is 9.83. The summed E-state index contributed by atoms with van der Waals surface area (Å²) in [5, 5.41) is 17.8. The largest absolute Gasteiger partial charge is 0.364 e. The molecule has 1 aromatic heterocycles. The summed E-state index contributed by atoms with van der Waals surface area (Å²) in [7, 11) is 0. The molecule has 0 aliphatic heterocycles. The Morgan fingerprint density at radius 1 is 1.21 bits per heavy atom. The van der Waals surface area contributed by atoms with Gasteiger partial charge in [-0.15, -0.1) is 0 Å². The van der Waals surface area contributed by atoms with Crippen LogP contribution in [0.25, 0.3) is 0 Å². The molecule has 0 spiro atoms. The molecule has 1 aliphatic rings. The van der Waals surface area contributed by atoms with Crippen molar-refractivity contribution < 1.29 is 4.92 Å². The number of rotatable bonds is 8. The van der Waals surface area contributed by atoms with Gasteiger partial charge in [0.2, 0.25) is 11.8 Å². The van der Waals surface area contributed by atoms with Crippen LogP contribution in [0.15, 0.2) is 36.5 Å². The third-order valence-corrected chi connectivity index (χ3v) is 5.47. The smallest absolute Gasteiger partial charge is 0.329 e. The van der Waals surface area contributed by atoms with Gasteiger partial charge in [-0.2, -0.15) is 4.98 Å². The van der Waals surface area contributed by atoms with E-state index in [1.165, 1.54) is 6.20 Å². The van der Waals surface area contributed by atoms with Gasteiger partial charge in [-0.05, 0) is 56.6 Å². The van der Waals surface area contributed by atoms with E-state index in [4.69, 9.17) is 5.73 Å². The zero-order valence-electron chi connectivity index (χ0n) is 16.2. The number of hydrogen-bond donors (Lipinski definition) is 3. The number of benzene rings is 1. The molecule has 28 heavy (non-hydrogen) atoms. The molecule has 3 rings (SSSR count). The van der Waals surface area contributed by atoms with Crippen LogP contribution in [0.3, 0.4) is 0 Å². The van der Waals surface area contributed by atoms with Crippen LogP contribution >= 0.6 is 0 Å². The molecule has 150 valence electrons. The van der Waals surface area contributed by atoms with Crippen molar-refractivity contribution in [3.63, 3.8) is 0 Å². The summed E-state index contributed by atoms with van der Waals surface area (Å²) in [4.78, 5) is 19.4. The van der Waals surface area contributed by atoms with Crippen LogP contribution in [0.1, 0.15) is 44.2 Å². The van der Waals surface area contributed by atoms with Crippen molar-refractivity contribution in [2.45, 2.75) is 38.6 Å². The lowest BCUT2D eigenvalue weighted by molar-refractivity contribution is -0.384. The van der Waals surface area contributed by atoms with Gasteiger partial charge in [-0.3, -0.25) is 10.1 Å². The fraction of sp³-hybridized carbons (Fsp3) is 0.500. The molecule has 1 saturated carbocycles. The van der Waals surface area contributed by atoms with E-state index in [2.05, 4.69) is 20.6 Å². The first-order chi connectivity index (χ1) is 13.6. The molecule has 0 saturated heterocycles. The highest BCUT2D eigenvalue weighted by Gasteiger charge is 2.23. The van der Waals surface area contributed by atoms with Gasteiger partial charge in [-0.1, -0.05) is 30.3 Å². The van der Waals surface area contributed by atoms with Crippen LogP contribution < -0.4 is 16.4 Å². The number of nitrogens with zero attached hydrogens (tertiary/aromatic N) is 3. The zero-order chi connectivity index (χ0) is 19.9. The maximum absolute atomic E-state index is 11.4. The molecular weight excluding hydrogens is 356 g/mol. The summed E-state index contributed by atoms with van der Waals surface area (Å²) in [6.45, 7) is 3.41. The lowest BCUT2D eigenvalue weighted by Gasteiger charge is -2.27. The van der Waals surface area contributed by atoms with E-state index in [1.54, 1.807) is 0 Å². The zero-order valence-corrected chi connectivity index (χ0v) is 16.2. The SMILES string of the molecule is C[C@@H](Nc1ncc([N+](=O)[O-])c(NCC2CCC(CN)CC2)n1)c1ccccc1. The van der Waals surface area contributed by atoms with Crippen molar-refractivity contribution in [3.8, 4) is 0 Å². The number of hydrogen-bond acceptors (Lipinski definition) is 7. The molecule has 0 bridgehead atoms. The Morgan fingerprint density at radius 3 is 2.54 bits per heavy atom. The van der Waals surface area contributed by atoms with E-state index in [9.17, 15) is 10.1 Å². The second-order valence-corrected chi connectivity index (χ2v) is 7.46. The predicted molar refractivity (Wildman–Crippen MR) is 110 cm³/mol. The topological polar surface area (TPSA) is 119 Å². The summed E-state index contributed by atoms with van der Waals surface area (Å²) in [6.07, 6.45) is 5.68. The highest BCUT2D eigenvalue weighted by molar-refractivity contribution is 5.57. The molecule has 0 unspecified atom stereocenters. The first kappa shape index (κ1) is 20.0. The lowest BCUT2D eigenvalue weighted by atomic mass is 9.82. The number of nitrogens with one attached hydrogen (secondary N) is 2. The van der Waals surface area contributed by atoms with Crippen molar-refractivity contribution in [1.29, 1.82) is 0 Å². The van der Waals surface area contributed by atoms with E-state index < -0.39 is 4.92 Å². The van der Waals surface area contributed by atoms with Gasteiger partial charge in [0.1, 0.15) is 6.20 Å². The Labute approximate surface area is 165 Å². The predicted octanol–water partition coefficient (Wildman–Crippen LogP) is 3.73. The summed E-state index contributed by atoms with van der Waals surface area (Å²) in [5.41, 5.74) is 6.74. The van der Waals surface area contributed by atoms with Gasteiger partial charge >= 0.3 is 5.69 Å². The second-order valence-electron chi connectivity index (χ2n) is 7.46. The van der Waals surface area contributed by atoms with Gasteiger partial charge in [0, 0.05) is 6.54 Å². The second kappa shape index (κ2) is 9.45. The molecular formula is C20H28N6O2. The quantitative estimate of drug-likeness (QED) is 0.468. The standard InChI is InChI=1S/C20H28N6O2/c1-14(17-5-3-2-4-6-17)24-20-23-13-18(26(27)28)19(25-20)22-12-16-9-7-15(11-21)8-10-16/h2-6,13-16H,7-12,21H2,1H3,(H2,22,23,24,25)/t14-,15?,16?/m1/s1. The number of aromatic nitrogens is 2. The molecule has 8 nitrogen and oxygen atoms in total. The lowest BCUT2D eigenvalue weighted by Crippen LogP contribution is -2.25. The van der Waals surface area contributed by atoms with Crippen molar-refractivity contribution in [2.75, 3.05) is 23.7 Å². The third kappa shape index (κ3) is 5.16. The Balaban J connectivity index is 1.67. The summed E-state index contributed by atoms with van der Waals surface area (Å²) >= 11 is 0. The van der Waals surface area contributed by atoms with Gasteiger partial charge in [0.05, 0.1) is 11.0 Å². The van der Waals surface area contributed by atoms with E-state index in [0.29, 0.717) is 24.3 Å². The van der Waals surface area contributed by atoms with Gasteiger partial charge < -0.3 is 16.4 Å². The van der Waals surface area contributed by atoms with Gasteiger partial charge in [-0.25, -0.2) is 4.98 Å². The van der Waals surface area contributed by atoms with E-state index in [1.807, 2.05) is 37.3 Å².